The number of guanidine groups is 1. The van der Waals surface area contributed by atoms with Crippen LogP contribution in [0.4, 0.5) is 5.69 Å². The molecule has 0 bridgehead atoms. The number of aliphatic hydroxyl groups excluding tert-OH is 1. The summed E-state index contributed by atoms with van der Waals surface area (Å²) in [5.74, 6) is 0.785. The zero-order valence-electron chi connectivity index (χ0n) is 15.4. The Morgan fingerprint density at radius 1 is 1.14 bits per heavy atom. The highest BCUT2D eigenvalue weighted by Crippen LogP contribution is 2.14. The van der Waals surface area contributed by atoms with Gasteiger partial charge in [0.1, 0.15) is 0 Å². The van der Waals surface area contributed by atoms with Crippen molar-refractivity contribution in [2.24, 2.45) is 4.99 Å². The van der Waals surface area contributed by atoms with Gasteiger partial charge in [0.25, 0.3) is 5.69 Å². The number of halogens is 1. The van der Waals surface area contributed by atoms with E-state index in [1.807, 2.05) is 24.3 Å². The van der Waals surface area contributed by atoms with Crippen LogP contribution >= 0.6 is 15.9 Å². The average molecular weight is 447 g/mol. The Balaban J connectivity index is 1.69. The molecule has 1 saturated heterocycles. The first-order valence-electron chi connectivity index (χ1n) is 9.20. The van der Waals surface area contributed by atoms with Crippen LogP contribution in [-0.2, 0) is 13.1 Å². The third-order valence-corrected chi connectivity index (χ3v) is 5.22. The molecule has 0 aromatic heterocycles. The van der Waals surface area contributed by atoms with Crippen molar-refractivity contribution in [3.05, 3.63) is 74.2 Å². The maximum absolute atomic E-state index is 10.8. The summed E-state index contributed by atoms with van der Waals surface area (Å²) in [5, 5.41) is 23.9. The topological polar surface area (TPSA) is 91.0 Å². The van der Waals surface area contributed by atoms with Gasteiger partial charge in [-0.15, -0.1) is 0 Å². The Morgan fingerprint density at radius 3 is 2.36 bits per heavy atom. The van der Waals surface area contributed by atoms with E-state index in [1.165, 1.54) is 12.1 Å². The number of nitrogens with one attached hydrogen (secondary N) is 1. The molecule has 2 N–H and O–H groups in total. The molecule has 148 valence electrons. The minimum absolute atomic E-state index is 0.0814. The lowest BCUT2D eigenvalue weighted by molar-refractivity contribution is -0.384. The number of hydrogen-bond acceptors (Lipinski definition) is 4. The minimum Gasteiger partial charge on any atom is -0.393 e. The van der Waals surface area contributed by atoms with Gasteiger partial charge in [-0.2, -0.15) is 0 Å². The first-order valence-corrected chi connectivity index (χ1v) is 9.99. The van der Waals surface area contributed by atoms with Gasteiger partial charge in [0, 0.05) is 36.2 Å². The highest BCUT2D eigenvalue weighted by Gasteiger charge is 2.20. The highest BCUT2D eigenvalue weighted by molar-refractivity contribution is 9.10. The van der Waals surface area contributed by atoms with Gasteiger partial charge in [0.2, 0.25) is 0 Å². The van der Waals surface area contributed by atoms with Crippen molar-refractivity contribution in [2.45, 2.75) is 32.0 Å². The van der Waals surface area contributed by atoms with Gasteiger partial charge in [-0.1, -0.05) is 40.2 Å². The summed E-state index contributed by atoms with van der Waals surface area (Å²) in [4.78, 5) is 17.3. The Bertz CT molecular complexity index is 816. The maximum atomic E-state index is 10.8. The van der Waals surface area contributed by atoms with Crippen LogP contribution in [0.3, 0.4) is 0 Å². The number of benzene rings is 2. The van der Waals surface area contributed by atoms with E-state index in [4.69, 9.17) is 4.99 Å². The molecule has 0 amide bonds. The number of nitro benzene ring substituents is 1. The van der Waals surface area contributed by atoms with Gasteiger partial charge in [0.15, 0.2) is 5.96 Å². The van der Waals surface area contributed by atoms with Crippen LogP contribution in [0.25, 0.3) is 0 Å². The van der Waals surface area contributed by atoms with E-state index in [2.05, 4.69) is 26.1 Å². The molecular weight excluding hydrogens is 424 g/mol. The molecule has 1 heterocycles. The van der Waals surface area contributed by atoms with Crippen LogP contribution in [0, 0.1) is 10.1 Å². The summed E-state index contributed by atoms with van der Waals surface area (Å²) in [6, 6.07) is 14.6. The predicted molar refractivity (Wildman–Crippen MR) is 112 cm³/mol. The molecule has 0 atom stereocenters. The van der Waals surface area contributed by atoms with Gasteiger partial charge in [0.05, 0.1) is 17.6 Å². The summed E-state index contributed by atoms with van der Waals surface area (Å²) in [7, 11) is 0. The molecule has 0 radical (unpaired) electrons. The third kappa shape index (κ3) is 5.77. The van der Waals surface area contributed by atoms with E-state index < -0.39 is 4.92 Å². The Hall–Kier alpha value is -2.45. The van der Waals surface area contributed by atoms with Crippen molar-refractivity contribution >= 4 is 27.6 Å². The smallest absolute Gasteiger partial charge is 0.269 e. The third-order valence-electron chi connectivity index (χ3n) is 4.69. The minimum atomic E-state index is -0.401. The second-order valence-corrected chi connectivity index (χ2v) is 7.68. The molecule has 1 aliphatic rings. The summed E-state index contributed by atoms with van der Waals surface area (Å²) < 4.78 is 1.03. The summed E-state index contributed by atoms with van der Waals surface area (Å²) in [6.45, 7) is 2.56. The highest BCUT2D eigenvalue weighted by atomic mass is 79.9. The molecule has 0 unspecified atom stereocenters. The normalized spacial score (nSPS) is 15.5. The predicted octanol–water partition coefficient (Wildman–Crippen LogP) is 3.46. The van der Waals surface area contributed by atoms with Crippen molar-refractivity contribution in [3.63, 3.8) is 0 Å². The first kappa shape index (κ1) is 20.3. The van der Waals surface area contributed by atoms with E-state index >= 15 is 0 Å². The van der Waals surface area contributed by atoms with Crippen LogP contribution in [0.15, 0.2) is 58.0 Å². The summed E-state index contributed by atoms with van der Waals surface area (Å²) in [6.07, 6.45) is 1.19. The van der Waals surface area contributed by atoms with Crippen molar-refractivity contribution in [2.75, 3.05) is 13.1 Å². The van der Waals surface area contributed by atoms with Gasteiger partial charge in [-0.05, 0) is 36.1 Å². The summed E-state index contributed by atoms with van der Waals surface area (Å²) in [5.41, 5.74) is 2.13. The van der Waals surface area contributed by atoms with Crippen LogP contribution < -0.4 is 5.32 Å². The second-order valence-electron chi connectivity index (χ2n) is 6.76. The molecule has 3 rings (SSSR count). The van der Waals surface area contributed by atoms with E-state index in [0.717, 1.165) is 47.5 Å². The summed E-state index contributed by atoms with van der Waals surface area (Å²) >= 11 is 3.44. The average Bonchev–Trinajstić information content (AvgIpc) is 2.70. The Kier molecular flexibility index (Phi) is 7.00. The number of aliphatic hydroxyl groups is 1. The molecule has 1 aliphatic heterocycles. The molecule has 7 nitrogen and oxygen atoms in total. The molecule has 0 aliphatic carbocycles. The quantitative estimate of drug-likeness (QED) is 0.317. The zero-order valence-corrected chi connectivity index (χ0v) is 17.0. The number of hydrogen-bond donors (Lipinski definition) is 2. The molecule has 8 heteroatoms. The Morgan fingerprint density at radius 2 is 1.75 bits per heavy atom. The van der Waals surface area contributed by atoms with E-state index in [-0.39, 0.29) is 11.8 Å². The number of piperidine rings is 1. The van der Waals surface area contributed by atoms with Crippen molar-refractivity contribution in [1.29, 1.82) is 0 Å². The van der Waals surface area contributed by atoms with E-state index in [1.54, 1.807) is 12.1 Å². The van der Waals surface area contributed by atoms with Crippen molar-refractivity contribution in [1.82, 2.24) is 10.2 Å². The van der Waals surface area contributed by atoms with E-state index in [9.17, 15) is 15.2 Å². The number of aliphatic imine (C=N–C) groups is 1. The fourth-order valence-corrected chi connectivity index (χ4v) is 3.28. The molecule has 0 saturated carbocycles. The molecule has 0 spiro atoms. The van der Waals surface area contributed by atoms with Gasteiger partial charge < -0.3 is 15.3 Å². The van der Waals surface area contributed by atoms with Crippen LogP contribution in [-0.4, -0.2) is 40.1 Å². The van der Waals surface area contributed by atoms with Gasteiger partial charge in [-0.25, -0.2) is 4.99 Å². The maximum Gasteiger partial charge on any atom is 0.269 e. The molecule has 2 aromatic rings. The van der Waals surface area contributed by atoms with Gasteiger partial charge in [-0.3, -0.25) is 10.1 Å². The lowest BCUT2D eigenvalue weighted by Crippen LogP contribution is -2.46. The number of rotatable bonds is 5. The second kappa shape index (κ2) is 9.66. The molecule has 2 aromatic carbocycles. The van der Waals surface area contributed by atoms with E-state index in [0.29, 0.717) is 13.1 Å². The lowest BCUT2D eigenvalue weighted by Gasteiger charge is -2.32. The first-order chi connectivity index (χ1) is 13.5. The monoisotopic (exact) mass is 446 g/mol. The SMILES string of the molecule is O=[N+]([O-])c1ccc(CNC(=NCc2ccc(Br)cc2)N2CCC(O)CC2)cc1. The Labute approximate surface area is 172 Å². The fraction of sp³-hybridized carbons (Fsp3) is 0.350. The van der Waals surface area contributed by atoms with Crippen molar-refractivity contribution < 1.29 is 10.0 Å². The number of non-ortho nitro benzene ring substituents is 1. The lowest BCUT2D eigenvalue weighted by atomic mass is 10.1. The van der Waals surface area contributed by atoms with Crippen LogP contribution in [0.5, 0.6) is 0 Å². The molecule has 1 fully saturated rings. The zero-order chi connectivity index (χ0) is 19.9. The molecular formula is C20H23BrN4O3. The van der Waals surface area contributed by atoms with Crippen LogP contribution in [0.1, 0.15) is 24.0 Å². The molecule has 28 heavy (non-hydrogen) atoms. The standard InChI is InChI=1S/C20H23BrN4O3/c21-17-5-1-15(2-6-17)13-22-20(24-11-9-19(26)10-12-24)23-14-16-3-7-18(8-4-16)25(27)28/h1-8,19,26H,9-14H2,(H,22,23). The number of nitrogens with zero attached hydrogens (tertiary/aromatic N) is 3. The number of likely N-dealkylation sites (tertiary alicyclic amines) is 1. The number of nitro groups is 1. The fourth-order valence-electron chi connectivity index (χ4n) is 3.02. The van der Waals surface area contributed by atoms with Crippen molar-refractivity contribution in [3.8, 4) is 0 Å². The van der Waals surface area contributed by atoms with Crippen LogP contribution in [0.2, 0.25) is 0 Å². The van der Waals surface area contributed by atoms with Gasteiger partial charge >= 0.3 is 0 Å². The largest absolute Gasteiger partial charge is 0.393 e.